The fraction of sp³-hybridized carbons (Fsp3) is 0.758. The first-order chi connectivity index (χ1) is 21.4. The van der Waals surface area contributed by atoms with Crippen molar-refractivity contribution < 1.29 is 53.3 Å². The first-order valence-electron chi connectivity index (χ1n) is 15.8. The predicted octanol–water partition coefficient (Wildman–Crippen LogP) is 0.258. The Morgan fingerprint density at radius 1 is 1.00 bits per heavy atom. The minimum Gasteiger partial charge on any atom is -0.455 e. The molecular formula is C33H45NO11. The van der Waals surface area contributed by atoms with Crippen LogP contribution < -0.4 is 0 Å². The topological polar surface area (TPSA) is 153 Å². The Balaban J connectivity index is 1.52. The molecule has 5 aliphatic carbocycles. The molecule has 15 atom stereocenters. The molecule has 1 spiro atoms. The molecule has 0 radical (unpaired) electrons. The molecule has 248 valence electrons. The Labute approximate surface area is 262 Å². The van der Waals surface area contributed by atoms with Crippen molar-refractivity contribution in [2.75, 3.05) is 48.6 Å². The monoisotopic (exact) mass is 631 g/mol. The molecule has 5 saturated carbocycles. The largest absolute Gasteiger partial charge is 0.455 e. The zero-order chi connectivity index (χ0) is 32.3. The van der Waals surface area contributed by atoms with E-state index in [0.717, 1.165) is 0 Å². The van der Waals surface area contributed by atoms with Gasteiger partial charge in [-0.1, -0.05) is 18.2 Å². The fourth-order valence-electron chi connectivity index (χ4n) is 12.2. The van der Waals surface area contributed by atoms with Gasteiger partial charge in [0.05, 0.1) is 30.5 Å². The Kier molecular flexibility index (Phi) is 7.28. The number of hydrogen-bond acceptors (Lipinski definition) is 12. The van der Waals surface area contributed by atoms with Crippen molar-refractivity contribution in [1.29, 1.82) is 0 Å². The highest BCUT2D eigenvalue weighted by molar-refractivity contribution is 5.89. The summed E-state index contributed by atoms with van der Waals surface area (Å²) in [4.78, 5) is 29.1. The van der Waals surface area contributed by atoms with Crippen LogP contribution in [0.5, 0.6) is 0 Å². The Bertz CT molecular complexity index is 1350. The van der Waals surface area contributed by atoms with Crippen molar-refractivity contribution in [3.63, 3.8) is 0 Å². The first-order valence-corrected chi connectivity index (χ1v) is 15.8. The molecule has 1 aromatic rings. The van der Waals surface area contributed by atoms with E-state index in [2.05, 4.69) is 4.90 Å². The van der Waals surface area contributed by atoms with E-state index >= 15 is 0 Å². The number of benzene rings is 1. The van der Waals surface area contributed by atoms with Gasteiger partial charge >= 0.3 is 11.9 Å². The van der Waals surface area contributed by atoms with Crippen LogP contribution in [0.15, 0.2) is 30.3 Å². The average Bonchev–Trinajstić information content (AvgIpc) is 3.40. The van der Waals surface area contributed by atoms with Gasteiger partial charge < -0.3 is 48.6 Å². The predicted molar refractivity (Wildman–Crippen MR) is 156 cm³/mol. The number of aliphatic hydroxyl groups excluding tert-OH is 2. The van der Waals surface area contributed by atoms with Crippen molar-refractivity contribution in [3.8, 4) is 0 Å². The second-order valence-corrected chi connectivity index (χ2v) is 14.3. The van der Waals surface area contributed by atoms with Crippen LogP contribution in [0.2, 0.25) is 0 Å². The van der Waals surface area contributed by atoms with E-state index in [1.165, 1.54) is 14.0 Å². The van der Waals surface area contributed by atoms with Gasteiger partial charge in [-0.05, 0) is 31.5 Å². The molecule has 0 unspecified atom stereocenters. The fourth-order valence-corrected chi connectivity index (χ4v) is 12.2. The summed E-state index contributed by atoms with van der Waals surface area (Å²) in [6, 6.07) is 8.15. The molecular weight excluding hydrogens is 586 g/mol. The normalized spacial score (nSPS) is 50.7. The molecule has 6 aliphatic rings. The minimum absolute atomic E-state index is 0.0754. The van der Waals surface area contributed by atoms with E-state index in [4.69, 9.17) is 28.4 Å². The lowest BCUT2D eigenvalue weighted by Gasteiger charge is -2.70. The summed E-state index contributed by atoms with van der Waals surface area (Å²) in [5.74, 6) is -3.66. The van der Waals surface area contributed by atoms with Crippen LogP contribution in [0.4, 0.5) is 0 Å². The molecule has 1 aliphatic heterocycles. The average molecular weight is 632 g/mol. The van der Waals surface area contributed by atoms with E-state index in [1.807, 2.05) is 7.05 Å². The molecule has 7 bridgehead atoms. The third-order valence-corrected chi connectivity index (χ3v) is 12.9. The Hall–Kier alpha value is -2.16. The molecule has 1 saturated heterocycles. The van der Waals surface area contributed by atoms with Crippen molar-refractivity contribution in [1.82, 2.24) is 4.90 Å². The summed E-state index contributed by atoms with van der Waals surface area (Å²) in [7, 11) is 8.20. The highest BCUT2D eigenvalue weighted by atomic mass is 16.6. The van der Waals surface area contributed by atoms with E-state index in [0.29, 0.717) is 18.5 Å². The van der Waals surface area contributed by atoms with E-state index in [-0.39, 0.29) is 25.0 Å². The third kappa shape index (κ3) is 3.55. The summed E-state index contributed by atoms with van der Waals surface area (Å²) >= 11 is 0. The van der Waals surface area contributed by atoms with Crippen molar-refractivity contribution in [2.45, 2.75) is 73.6 Å². The molecule has 12 nitrogen and oxygen atoms in total. The summed E-state index contributed by atoms with van der Waals surface area (Å²) < 4.78 is 37.2. The van der Waals surface area contributed by atoms with Crippen LogP contribution in [0.25, 0.3) is 0 Å². The number of ether oxygens (including phenoxy) is 6. The van der Waals surface area contributed by atoms with Crippen molar-refractivity contribution >= 4 is 11.9 Å². The zero-order valence-corrected chi connectivity index (χ0v) is 26.6. The van der Waals surface area contributed by atoms with E-state index in [1.54, 1.807) is 51.7 Å². The van der Waals surface area contributed by atoms with Crippen LogP contribution in [0.1, 0.15) is 30.1 Å². The number of piperidine rings is 1. The highest BCUT2D eigenvalue weighted by Gasteiger charge is 2.92. The zero-order valence-electron chi connectivity index (χ0n) is 26.6. The maximum absolute atomic E-state index is 13.7. The van der Waals surface area contributed by atoms with Crippen molar-refractivity contribution in [2.24, 2.45) is 34.5 Å². The van der Waals surface area contributed by atoms with Crippen molar-refractivity contribution in [3.05, 3.63) is 35.9 Å². The first kappa shape index (κ1) is 31.4. The molecule has 45 heavy (non-hydrogen) atoms. The van der Waals surface area contributed by atoms with Gasteiger partial charge in [-0.25, -0.2) is 4.79 Å². The lowest BCUT2D eigenvalue weighted by molar-refractivity contribution is -0.321. The van der Waals surface area contributed by atoms with Gasteiger partial charge in [0, 0.05) is 83.0 Å². The molecule has 1 heterocycles. The van der Waals surface area contributed by atoms with Crippen LogP contribution in [0.3, 0.4) is 0 Å². The second-order valence-electron chi connectivity index (χ2n) is 14.3. The molecule has 0 amide bonds. The summed E-state index contributed by atoms with van der Waals surface area (Å²) in [6.07, 6.45) is -5.50. The van der Waals surface area contributed by atoms with E-state index < -0.39 is 88.3 Å². The molecule has 6 fully saturated rings. The van der Waals surface area contributed by atoms with Gasteiger partial charge in [-0.15, -0.1) is 0 Å². The lowest BCUT2D eigenvalue weighted by Crippen LogP contribution is -2.81. The van der Waals surface area contributed by atoms with Gasteiger partial charge in [0.2, 0.25) is 0 Å². The third-order valence-electron chi connectivity index (χ3n) is 12.9. The lowest BCUT2D eigenvalue weighted by atomic mass is 9.42. The Morgan fingerprint density at radius 2 is 1.71 bits per heavy atom. The molecule has 3 N–H and O–H groups in total. The second kappa shape index (κ2) is 10.4. The number of methoxy groups -OCH3 is 4. The summed E-state index contributed by atoms with van der Waals surface area (Å²) in [6.45, 7) is 2.00. The quantitative estimate of drug-likeness (QED) is 0.337. The summed E-state index contributed by atoms with van der Waals surface area (Å²) in [5.41, 5.74) is -4.79. The van der Waals surface area contributed by atoms with Crippen LogP contribution in [0, 0.1) is 34.5 Å². The van der Waals surface area contributed by atoms with Gasteiger partial charge in [0.25, 0.3) is 0 Å². The highest BCUT2D eigenvalue weighted by Crippen LogP contribution is 2.80. The maximum Gasteiger partial charge on any atom is 0.338 e. The smallest absolute Gasteiger partial charge is 0.338 e. The van der Waals surface area contributed by atoms with Crippen LogP contribution in [-0.4, -0.2) is 135 Å². The minimum atomic E-state index is -1.83. The van der Waals surface area contributed by atoms with Gasteiger partial charge in [0.15, 0.2) is 5.60 Å². The van der Waals surface area contributed by atoms with Crippen LogP contribution in [-0.2, 0) is 33.2 Å². The van der Waals surface area contributed by atoms with Gasteiger partial charge in [-0.3, -0.25) is 4.79 Å². The van der Waals surface area contributed by atoms with Crippen LogP contribution >= 0.6 is 0 Å². The summed E-state index contributed by atoms with van der Waals surface area (Å²) in [5, 5.41) is 37.0. The Morgan fingerprint density at radius 3 is 2.31 bits per heavy atom. The number of fused-ring (bicyclic) bond motifs is 2. The number of likely N-dealkylation sites (tertiary alicyclic amines) is 1. The number of carbonyl (C=O) groups is 2. The maximum atomic E-state index is 13.7. The number of rotatable bonds is 8. The number of aliphatic hydroxyl groups is 3. The number of esters is 2. The molecule has 12 heteroatoms. The molecule has 0 aromatic heterocycles. The number of hydrogen-bond donors (Lipinski definition) is 3. The number of carbonyl (C=O) groups excluding carboxylic acids is 2. The van der Waals surface area contributed by atoms with Gasteiger partial charge in [0.1, 0.15) is 23.9 Å². The standard InChI is InChI=1S/C33H45NO11/c1-16(35)45-33-21-18(13-31(39,28(43-6)26(33)37)27(21)44-29(38)17-10-8-7-9-11-17)32-20(41-4)12-19(36)30(15-40-3)14-34(2)25(32)22(33)23(42-5)24(30)32/h7-11,18-28,36-37,39H,12-15H2,1-6H3/t18-,19+,20-,21+,22-,23-,24+,25+,26-,27+,28-,30-,31+,32-,33+/m0/s1. The SMILES string of the molecule is COC[C@]12CN(C)[C@@H]3[C@@H]4[C@H](OC)[C@H]1[C@@]3([C@@H](OC)C[C@H]2O)[C@H]1C[C@@]2(O)[C@H](OC(=O)c3ccccc3)[C@@H]1[C@]4(OC(C)=O)[C@@H](O)[C@@H]2OC. The molecule has 7 rings (SSSR count). The van der Waals surface area contributed by atoms with E-state index in [9.17, 15) is 24.9 Å². The number of nitrogens with zero attached hydrogens (tertiary/aromatic N) is 1. The molecule has 1 aromatic carbocycles. The van der Waals surface area contributed by atoms with Gasteiger partial charge in [-0.2, -0.15) is 0 Å².